The molecule has 1 aromatic heterocycles. The van der Waals surface area contributed by atoms with E-state index in [1.54, 1.807) is 12.7 Å². The van der Waals surface area contributed by atoms with E-state index in [-0.39, 0.29) is 12.2 Å². The first-order chi connectivity index (χ1) is 9.31. The number of nitrogens with zero attached hydrogens (tertiary/aromatic N) is 4. The van der Waals surface area contributed by atoms with Gasteiger partial charge in [0.2, 0.25) is 0 Å². The van der Waals surface area contributed by atoms with Crippen molar-refractivity contribution in [2.24, 2.45) is 5.92 Å². The van der Waals surface area contributed by atoms with E-state index in [2.05, 4.69) is 10.1 Å². The minimum atomic E-state index is -0.131. The molecule has 1 aromatic rings. The number of amides is 1. The molecule has 1 saturated heterocycles. The van der Waals surface area contributed by atoms with Crippen molar-refractivity contribution < 1.29 is 9.53 Å². The highest BCUT2D eigenvalue weighted by Gasteiger charge is 2.28. The molecule has 0 radical (unpaired) electrons. The molecule has 1 saturated carbocycles. The van der Waals surface area contributed by atoms with Gasteiger partial charge < -0.3 is 9.64 Å². The smallest absolute Gasteiger partial charge is 0.410 e. The fraction of sp³-hybridized carbons (Fsp3) is 0.769. The third-order valence-electron chi connectivity index (χ3n) is 4.01. The Morgan fingerprint density at radius 2 is 2.21 bits per heavy atom. The van der Waals surface area contributed by atoms with E-state index in [0.717, 1.165) is 45.3 Å². The van der Waals surface area contributed by atoms with Gasteiger partial charge in [0.1, 0.15) is 18.8 Å². The summed E-state index contributed by atoms with van der Waals surface area (Å²) >= 11 is 0. The van der Waals surface area contributed by atoms with Crippen molar-refractivity contribution in [2.75, 3.05) is 13.1 Å². The van der Waals surface area contributed by atoms with Gasteiger partial charge in [0.15, 0.2) is 0 Å². The Balaban J connectivity index is 1.50. The second kappa shape index (κ2) is 5.59. The average Bonchev–Trinajstić information content (AvgIpc) is 2.87. The summed E-state index contributed by atoms with van der Waals surface area (Å²) in [7, 11) is 0. The monoisotopic (exact) mass is 264 g/mol. The zero-order valence-corrected chi connectivity index (χ0v) is 11.1. The quantitative estimate of drug-likeness (QED) is 0.833. The number of carbonyl (C=O) groups excluding carboxylic acids is 1. The van der Waals surface area contributed by atoms with Crippen molar-refractivity contribution in [3.8, 4) is 0 Å². The highest BCUT2D eigenvalue weighted by molar-refractivity contribution is 5.68. The molecule has 1 amide bonds. The highest BCUT2D eigenvalue weighted by atomic mass is 16.6. The van der Waals surface area contributed by atoms with Crippen LogP contribution in [0.5, 0.6) is 0 Å². The van der Waals surface area contributed by atoms with Crippen LogP contribution in [0.3, 0.4) is 0 Å². The molecule has 0 aromatic carbocycles. The van der Waals surface area contributed by atoms with Gasteiger partial charge in [-0.25, -0.2) is 9.78 Å². The third-order valence-corrected chi connectivity index (χ3v) is 4.01. The maximum absolute atomic E-state index is 12.0. The molecule has 0 spiro atoms. The highest BCUT2D eigenvalue weighted by Crippen LogP contribution is 2.24. The summed E-state index contributed by atoms with van der Waals surface area (Å²) in [4.78, 5) is 17.8. The van der Waals surface area contributed by atoms with Gasteiger partial charge in [-0.2, -0.15) is 5.10 Å². The van der Waals surface area contributed by atoms with E-state index < -0.39 is 0 Å². The van der Waals surface area contributed by atoms with E-state index in [9.17, 15) is 4.79 Å². The molecule has 2 heterocycles. The topological polar surface area (TPSA) is 60.2 Å². The van der Waals surface area contributed by atoms with Crippen LogP contribution in [-0.4, -0.2) is 45.0 Å². The summed E-state index contributed by atoms with van der Waals surface area (Å²) in [5.74, 6) is 0.449. The zero-order valence-electron chi connectivity index (χ0n) is 11.1. The lowest BCUT2D eigenvalue weighted by atomic mass is 9.96. The zero-order chi connectivity index (χ0) is 13.1. The molecule has 2 aliphatic rings. The van der Waals surface area contributed by atoms with Crippen LogP contribution in [-0.2, 0) is 11.3 Å². The predicted molar refractivity (Wildman–Crippen MR) is 68.4 cm³/mol. The molecule has 1 aliphatic carbocycles. The number of hydrogen-bond donors (Lipinski definition) is 0. The molecule has 2 fully saturated rings. The molecule has 1 aliphatic heterocycles. The summed E-state index contributed by atoms with van der Waals surface area (Å²) < 4.78 is 7.30. The summed E-state index contributed by atoms with van der Waals surface area (Å²) in [6, 6.07) is 0. The van der Waals surface area contributed by atoms with E-state index in [1.165, 1.54) is 6.42 Å². The van der Waals surface area contributed by atoms with E-state index in [1.807, 2.05) is 9.58 Å². The van der Waals surface area contributed by atoms with Crippen LogP contribution in [0.1, 0.15) is 32.1 Å². The van der Waals surface area contributed by atoms with Gasteiger partial charge in [0.25, 0.3) is 0 Å². The second-order valence-corrected chi connectivity index (χ2v) is 5.51. The molecule has 19 heavy (non-hydrogen) atoms. The molecule has 1 atom stereocenters. The molecule has 0 bridgehead atoms. The maximum Gasteiger partial charge on any atom is 0.410 e. The number of aromatic nitrogens is 3. The molecule has 3 rings (SSSR count). The molecular weight excluding hydrogens is 244 g/mol. The lowest BCUT2D eigenvalue weighted by Gasteiger charge is -2.34. The molecule has 104 valence electrons. The Morgan fingerprint density at radius 3 is 2.89 bits per heavy atom. The van der Waals surface area contributed by atoms with Crippen molar-refractivity contribution in [2.45, 2.75) is 44.8 Å². The van der Waals surface area contributed by atoms with E-state index >= 15 is 0 Å². The van der Waals surface area contributed by atoms with Crippen molar-refractivity contribution in [3.63, 3.8) is 0 Å². The summed E-state index contributed by atoms with van der Waals surface area (Å²) in [6.45, 7) is 2.41. The fourth-order valence-electron chi connectivity index (χ4n) is 2.68. The Hall–Kier alpha value is -1.59. The second-order valence-electron chi connectivity index (χ2n) is 5.51. The average molecular weight is 264 g/mol. The number of rotatable bonds is 3. The normalized spacial score (nSPS) is 24.0. The first-order valence-corrected chi connectivity index (χ1v) is 7.09. The SMILES string of the molecule is O=C(OC1CCC1)N1CCCC(Cn2cncn2)C1. The summed E-state index contributed by atoms with van der Waals surface area (Å²) in [5.41, 5.74) is 0. The largest absolute Gasteiger partial charge is 0.446 e. The van der Waals surface area contributed by atoms with Gasteiger partial charge in [-0.3, -0.25) is 4.68 Å². The van der Waals surface area contributed by atoms with Gasteiger partial charge in [-0.05, 0) is 38.0 Å². The van der Waals surface area contributed by atoms with Crippen LogP contribution in [0, 0.1) is 5.92 Å². The van der Waals surface area contributed by atoms with E-state index in [0.29, 0.717) is 5.92 Å². The van der Waals surface area contributed by atoms with Crippen molar-refractivity contribution in [3.05, 3.63) is 12.7 Å². The standard InChI is InChI=1S/C13H20N4O2/c18-13(19-12-4-1-5-12)16-6-2-3-11(7-16)8-17-10-14-9-15-17/h9-12H,1-8H2. The minimum Gasteiger partial charge on any atom is -0.446 e. The van der Waals surface area contributed by atoms with Crippen molar-refractivity contribution in [1.29, 1.82) is 0 Å². The van der Waals surface area contributed by atoms with Crippen LogP contribution in [0.25, 0.3) is 0 Å². The number of hydrogen-bond acceptors (Lipinski definition) is 4. The first-order valence-electron chi connectivity index (χ1n) is 7.09. The molecule has 1 unspecified atom stereocenters. The van der Waals surface area contributed by atoms with E-state index in [4.69, 9.17) is 4.74 Å². The van der Waals surface area contributed by atoms with Crippen LogP contribution < -0.4 is 0 Å². The predicted octanol–water partition coefficient (Wildman–Crippen LogP) is 1.68. The number of piperidine rings is 1. The van der Waals surface area contributed by atoms with Crippen molar-refractivity contribution in [1.82, 2.24) is 19.7 Å². The van der Waals surface area contributed by atoms with Gasteiger partial charge in [-0.15, -0.1) is 0 Å². The molecule has 6 nitrogen and oxygen atoms in total. The van der Waals surface area contributed by atoms with Crippen LogP contribution in [0.4, 0.5) is 4.79 Å². The lowest BCUT2D eigenvalue weighted by molar-refractivity contribution is 0.0178. The lowest BCUT2D eigenvalue weighted by Crippen LogP contribution is -2.43. The summed E-state index contributed by atoms with van der Waals surface area (Å²) in [6.07, 6.45) is 8.73. The van der Waals surface area contributed by atoms with Gasteiger partial charge in [0.05, 0.1) is 0 Å². The maximum atomic E-state index is 12.0. The van der Waals surface area contributed by atoms with Gasteiger partial charge >= 0.3 is 6.09 Å². The van der Waals surface area contributed by atoms with Gasteiger partial charge in [0, 0.05) is 19.6 Å². The van der Waals surface area contributed by atoms with Gasteiger partial charge in [-0.1, -0.05) is 0 Å². The Bertz CT molecular complexity index is 416. The fourth-order valence-corrected chi connectivity index (χ4v) is 2.68. The Morgan fingerprint density at radius 1 is 1.32 bits per heavy atom. The summed E-state index contributed by atoms with van der Waals surface area (Å²) in [5, 5.41) is 4.12. The third kappa shape index (κ3) is 3.05. The molecular formula is C13H20N4O2. The minimum absolute atomic E-state index is 0.131. The number of ether oxygens (including phenoxy) is 1. The van der Waals surface area contributed by atoms with Crippen LogP contribution in [0.15, 0.2) is 12.7 Å². The molecule has 6 heteroatoms. The van der Waals surface area contributed by atoms with Crippen LogP contribution in [0.2, 0.25) is 0 Å². The van der Waals surface area contributed by atoms with Crippen molar-refractivity contribution >= 4 is 6.09 Å². The van der Waals surface area contributed by atoms with Crippen LogP contribution >= 0.6 is 0 Å². The molecule has 0 N–H and O–H groups in total. The Labute approximate surface area is 112 Å². The number of carbonyl (C=O) groups is 1. The number of likely N-dealkylation sites (tertiary alicyclic amines) is 1. The Kier molecular flexibility index (Phi) is 3.66. The first kappa shape index (κ1) is 12.4.